The van der Waals surface area contributed by atoms with Gasteiger partial charge in [-0.2, -0.15) is 0 Å². The predicted octanol–water partition coefficient (Wildman–Crippen LogP) is 4.97. The molecule has 0 aliphatic heterocycles. The highest BCUT2D eigenvalue weighted by Gasteiger charge is 2.32. The van der Waals surface area contributed by atoms with E-state index in [1.807, 2.05) is 11.3 Å². The lowest BCUT2D eigenvalue weighted by Crippen LogP contribution is -2.26. The van der Waals surface area contributed by atoms with E-state index >= 15 is 0 Å². The molecule has 1 aliphatic carbocycles. The monoisotopic (exact) mass is 365 g/mol. The minimum Gasteiger partial charge on any atom is -0.312 e. The summed E-state index contributed by atoms with van der Waals surface area (Å²) in [5.41, 5.74) is 0. The van der Waals surface area contributed by atoms with Crippen molar-refractivity contribution in [3.8, 4) is 0 Å². The average molecular weight is 367 g/mol. The normalized spacial score (nSPS) is 27.2. The van der Waals surface area contributed by atoms with Gasteiger partial charge in [-0.25, -0.2) is 0 Å². The van der Waals surface area contributed by atoms with E-state index in [0.29, 0.717) is 6.04 Å². The first-order valence-corrected chi connectivity index (χ1v) is 8.15. The van der Waals surface area contributed by atoms with Crippen molar-refractivity contribution in [1.82, 2.24) is 5.32 Å². The van der Waals surface area contributed by atoms with Gasteiger partial charge >= 0.3 is 0 Å². The summed E-state index contributed by atoms with van der Waals surface area (Å²) >= 11 is 9.00. The van der Waals surface area contributed by atoms with E-state index in [0.717, 1.165) is 11.8 Å². The predicted molar refractivity (Wildman–Crippen MR) is 78.0 cm³/mol. The third kappa shape index (κ3) is 2.55. The minimum absolute atomic E-state index is 0.519. The van der Waals surface area contributed by atoms with Crippen molar-refractivity contribution < 1.29 is 0 Å². The highest BCUT2D eigenvalue weighted by atomic mass is 79.9. The fraction of sp³-hybridized carbons (Fsp3) is 0.667. The van der Waals surface area contributed by atoms with Crippen LogP contribution in [0.4, 0.5) is 0 Å². The molecule has 1 heterocycles. The van der Waals surface area contributed by atoms with Gasteiger partial charge in [0.25, 0.3) is 0 Å². The largest absolute Gasteiger partial charge is 0.312 e. The Bertz CT molecular complexity index is 344. The molecule has 90 valence electrons. The van der Waals surface area contributed by atoms with Crippen molar-refractivity contribution in [1.29, 1.82) is 0 Å². The van der Waals surface area contributed by atoms with Gasteiger partial charge in [0.1, 0.15) is 0 Å². The zero-order valence-electron chi connectivity index (χ0n) is 9.59. The highest BCUT2D eigenvalue weighted by Crippen LogP contribution is 2.44. The van der Waals surface area contributed by atoms with E-state index in [1.54, 1.807) is 0 Å². The molecule has 1 aromatic heterocycles. The highest BCUT2D eigenvalue weighted by molar-refractivity contribution is 9.13. The molecule has 1 aliphatic rings. The van der Waals surface area contributed by atoms with Crippen molar-refractivity contribution in [2.24, 2.45) is 11.8 Å². The molecule has 0 bridgehead atoms. The van der Waals surface area contributed by atoms with Gasteiger partial charge in [-0.15, -0.1) is 11.3 Å². The molecule has 1 fully saturated rings. The molecule has 16 heavy (non-hydrogen) atoms. The Labute approximate surface area is 118 Å². The van der Waals surface area contributed by atoms with Crippen molar-refractivity contribution in [2.45, 2.75) is 32.2 Å². The summed E-state index contributed by atoms with van der Waals surface area (Å²) in [6, 6.07) is 2.77. The molecule has 3 unspecified atom stereocenters. The van der Waals surface area contributed by atoms with E-state index in [1.165, 1.54) is 32.4 Å². The maximum Gasteiger partial charge on any atom is 0.0843 e. The molecule has 4 heteroatoms. The molecule has 0 saturated heterocycles. The lowest BCUT2D eigenvalue weighted by molar-refractivity contribution is 0.319. The molecular formula is C12H17Br2NS. The van der Waals surface area contributed by atoms with Gasteiger partial charge in [-0.05, 0) is 63.2 Å². The number of thiophene rings is 1. The Morgan fingerprint density at radius 2 is 2.19 bits per heavy atom. The summed E-state index contributed by atoms with van der Waals surface area (Å²) in [6.07, 6.45) is 4.13. The number of hydrogen-bond donors (Lipinski definition) is 1. The van der Waals surface area contributed by atoms with E-state index in [-0.39, 0.29) is 0 Å². The molecule has 3 atom stereocenters. The van der Waals surface area contributed by atoms with Crippen LogP contribution in [0.5, 0.6) is 0 Å². The van der Waals surface area contributed by atoms with Gasteiger partial charge in [0, 0.05) is 15.4 Å². The number of hydrogen-bond acceptors (Lipinski definition) is 2. The van der Waals surface area contributed by atoms with Crippen LogP contribution >= 0.6 is 43.2 Å². The summed E-state index contributed by atoms with van der Waals surface area (Å²) in [5, 5.41) is 3.50. The molecule has 1 aromatic rings. The maximum absolute atomic E-state index is 3.58. The SMILES string of the molecule is CNC(c1cc(Br)c(Br)s1)C1CCCC1C. The summed E-state index contributed by atoms with van der Waals surface area (Å²) in [7, 11) is 2.08. The van der Waals surface area contributed by atoms with Crippen LogP contribution in [0.25, 0.3) is 0 Å². The van der Waals surface area contributed by atoms with Crippen molar-refractivity contribution >= 4 is 43.2 Å². The Kier molecular flexibility index (Phi) is 4.50. The second-order valence-corrected chi connectivity index (χ2v) is 7.86. The van der Waals surface area contributed by atoms with Crippen LogP contribution in [0.2, 0.25) is 0 Å². The number of halogens is 2. The van der Waals surface area contributed by atoms with Crippen LogP contribution in [0, 0.1) is 11.8 Å². The van der Waals surface area contributed by atoms with Gasteiger partial charge in [0.05, 0.1) is 3.79 Å². The Hall–Kier alpha value is 0.620. The molecule has 1 nitrogen and oxygen atoms in total. The van der Waals surface area contributed by atoms with E-state index in [2.05, 4.69) is 57.2 Å². The van der Waals surface area contributed by atoms with Crippen LogP contribution in [-0.4, -0.2) is 7.05 Å². The van der Waals surface area contributed by atoms with Crippen LogP contribution < -0.4 is 5.32 Å². The Morgan fingerprint density at radius 3 is 2.62 bits per heavy atom. The van der Waals surface area contributed by atoms with Crippen LogP contribution in [0.3, 0.4) is 0 Å². The van der Waals surface area contributed by atoms with Gasteiger partial charge in [-0.3, -0.25) is 0 Å². The van der Waals surface area contributed by atoms with Crippen molar-refractivity contribution in [2.75, 3.05) is 7.05 Å². The first-order valence-electron chi connectivity index (χ1n) is 5.75. The molecule has 0 amide bonds. The number of nitrogens with one attached hydrogen (secondary N) is 1. The molecule has 1 saturated carbocycles. The van der Waals surface area contributed by atoms with E-state index in [4.69, 9.17) is 0 Å². The lowest BCUT2D eigenvalue weighted by Gasteiger charge is -2.25. The minimum atomic E-state index is 0.519. The Morgan fingerprint density at radius 1 is 1.44 bits per heavy atom. The van der Waals surface area contributed by atoms with E-state index in [9.17, 15) is 0 Å². The first-order chi connectivity index (χ1) is 7.63. The van der Waals surface area contributed by atoms with Gasteiger partial charge in [0.2, 0.25) is 0 Å². The molecule has 0 radical (unpaired) electrons. The third-order valence-corrected chi connectivity index (χ3v) is 6.98. The van der Waals surface area contributed by atoms with Crippen LogP contribution in [0.1, 0.15) is 37.1 Å². The van der Waals surface area contributed by atoms with Gasteiger partial charge < -0.3 is 5.32 Å². The topological polar surface area (TPSA) is 12.0 Å². The summed E-state index contributed by atoms with van der Waals surface area (Å²) in [6.45, 7) is 2.39. The molecular weight excluding hydrogens is 350 g/mol. The first kappa shape index (κ1) is 13.1. The third-order valence-electron chi connectivity index (χ3n) is 3.64. The molecule has 0 aromatic carbocycles. The molecule has 1 N–H and O–H groups in total. The van der Waals surface area contributed by atoms with Crippen LogP contribution in [0.15, 0.2) is 14.3 Å². The number of rotatable bonds is 3. The van der Waals surface area contributed by atoms with Crippen LogP contribution in [-0.2, 0) is 0 Å². The van der Waals surface area contributed by atoms with Crippen molar-refractivity contribution in [3.05, 3.63) is 19.2 Å². The Balaban J connectivity index is 2.21. The standard InChI is InChI=1S/C12H17Br2NS/c1-7-4-3-5-8(7)11(15-2)10-6-9(13)12(14)16-10/h6-8,11,15H,3-5H2,1-2H3. The fourth-order valence-electron chi connectivity index (χ4n) is 2.75. The van der Waals surface area contributed by atoms with Gasteiger partial charge in [0.15, 0.2) is 0 Å². The zero-order chi connectivity index (χ0) is 11.7. The fourth-order valence-corrected chi connectivity index (χ4v) is 5.03. The quantitative estimate of drug-likeness (QED) is 0.796. The molecule has 2 rings (SSSR count). The lowest BCUT2D eigenvalue weighted by atomic mass is 9.89. The summed E-state index contributed by atoms with van der Waals surface area (Å²) in [4.78, 5) is 1.44. The molecule has 0 spiro atoms. The summed E-state index contributed by atoms with van der Waals surface area (Å²) < 4.78 is 2.38. The average Bonchev–Trinajstić information content (AvgIpc) is 2.78. The maximum atomic E-state index is 3.58. The van der Waals surface area contributed by atoms with E-state index < -0.39 is 0 Å². The van der Waals surface area contributed by atoms with Crippen molar-refractivity contribution in [3.63, 3.8) is 0 Å². The zero-order valence-corrected chi connectivity index (χ0v) is 13.6. The second kappa shape index (κ2) is 5.51. The smallest absolute Gasteiger partial charge is 0.0843 e. The summed E-state index contributed by atoms with van der Waals surface area (Å²) in [5.74, 6) is 1.64. The second-order valence-electron chi connectivity index (χ2n) is 4.61. The van der Waals surface area contributed by atoms with Gasteiger partial charge in [-0.1, -0.05) is 19.8 Å².